The molecular weight excluding hydrogens is 1260 g/mol. The quantitative estimate of drug-likeness (QED) is 0.110. The molecule has 0 saturated heterocycles. The van der Waals surface area contributed by atoms with E-state index in [0.29, 0.717) is 6.42 Å². The van der Waals surface area contributed by atoms with Gasteiger partial charge >= 0.3 is 0 Å². The number of hydrogen-bond acceptors (Lipinski definition) is 8. The fourth-order valence-corrected chi connectivity index (χ4v) is 12.2. The van der Waals surface area contributed by atoms with Gasteiger partial charge in [-0.1, -0.05) is 156 Å². The molecule has 10 rings (SSSR count). The Morgan fingerprint density at radius 2 is 0.433 bits per heavy atom. The van der Waals surface area contributed by atoms with E-state index in [2.05, 4.69) is 151 Å². The fourth-order valence-electron chi connectivity index (χ4n) is 9.79. The number of aryl methyl sites for hydroxylation is 2. The van der Waals surface area contributed by atoms with Crippen LogP contribution in [0.15, 0.2) is 238 Å². The van der Waals surface area contributed by atoms with E-state index in [0.717, 1.165) is 144 Å². The van der Waals surface area contributed by atoms with E-state index in [1.165, 1.54) is 47.0 Å². The molecule has 4 nitrogen and oxygen atoms in total. The second-order valence-corrected chi connectivity index (χ2v) is 27.1. The lowest BCUT2D eigenvalue weighted by atomic mass is 9.96. The normalized spacial score (nSPS) is 9.96. The number of rotatable bonds is 8. The third kappa shape index (κ3) is 21.9. The molecule has 8 heteroatoms. The summed E-state index contributed by atoms with van der Waals surface area (Å²) in [5, 5.41) is 0.160. The van der Waals surface area contributed by atoms with E-state index >= 15 is 0 Å². The standard InChI is InChI=1S/C89H60O4S4/c1-7-82-60-74(25-21-72-37-49-88(50-38-72)96-64(5)92)29-41-84(82)43-31-78-54-79(32-44-85-42-30-75(61-83(85)8-2)26-22-73-39-51-89(52-40-73)97-65(6)93)58-81(57-78)59-80-55-76(27-23-68-13-9-66(10-14-68)17-19-70-33-45-86(46-34-70)94-62(3)90)53-77(56-80)28-24-69-15-11-67(12-16-69)18-20-71-35-47-87(48-36-71)95-63(4)91/h9-16,29-30,33-42,45-58,60-61H,7-8,59H2,1-6H3. The molecule has 0 N–H and O–H groups in total. The van der Waals surface area contributed by atoms with Gasteiger partial charge in [0.25, 0.3) is 0 Å². The van der Waals surface area contributed by atoms with Crippen molar-refractivity contribution in [3.8, 4) is 94.7 Å². The zero-order valence-electron chi connectivity index (χ0n) is 54.2. The van der Waals surface area contributed by atoms with Crippen molar-refractivity contribution in [2.45, 2.75) is 80.4 Å². The Balaban J connectivity index is 0.980. The topological polar surface area (TPSA) is 68.3 Å². The van der Waals surface area contributed by atoms with Crippen LogP contribution in [-0.4, -0.2) is 20.5 Å². The number of carbonyl (C=O) groups is 4. The monoisotopic (exact) mass is 1320 g/mol. The Kier molecular flexibility index (Phi) is 24.2. The summed E-state index contributed by atoms with van der Waals surface area (Å²) in [6.45, 7) is 10.5. The molecule has 10 aromatic rings. The minimum Gasteiger partial charge on any atom is -0.287 e. The highest BCUT2D eigenvalue weighted by atomic mass is 32.2. The predicted molar refractivity (Wildman–Crippen MR) is 400 cm³/mol. The van der Waals surface area contributed by atoms with Crippen LogP contribution >= 0.6 is 47.0 Å². The number of carbonyl (C=O) groups excluding carboxylic acids is 4. The average Bonchev–Trinajstić information content (AvgIpc) is 0.925. The van der Waals surface area contributed by atoms with Crippen LogP contribution in [0.1, 0.15) is 153 Å². The van der Waals surface area contributed by atoms with Crippen molar-refractivity contribution in [1.29, 1.82) is 0 Å². The Hall–Kier alpha value is -11.2. The molecule has 0 aliphatic carbocycles. The van der Waals surface area contributed by atoms with Crippen LogP contribution in [0.3, 0.4) is 0 Å². The summed E-state index contributed by atoms with van der Waals surface area (Å²) in [6.07, 6.45) is 2.05. The highest BCUT2D eigenvalue weighted by Crippen LogP contribution is 2.25. The van der Waals surface area contributed by atoms with Crippen LogP contribution in [0.2, 0.25) is 0 Å². The van der Waals surface area contributed by atoms with Crippen LogP contribution in [0.5, 0.6) is 0 Å². The summed E-state index contributed by atoms with van der Waals surface area (Å²) in [5.74, 6) is 53.9. The van der Waals surface area contributed by atoms with Crippen LogP contribution in [0, 0.1) is 94.7 Å². The molecule has 0 fully saturated rings. The van der Waals surface area contributed by atoms with Gasteiger partial charge in [0.2, 0.25) is 0 Å². The zero-order chi connectivity index (χ0) is 67.9. The molecule has 0 aromatic heterocycles. The third-order valence-corrected chi connectivity index (χ3v) is 17.6. The van der Waals surface area contributed by atoms with Crippen LogP contribution in [0.4, 0.5) is 0 Å². The molecule has 0 unspecified atom stereocenters. The predicted octanol–water partition coefficient (Wildman–Crippen LogP) is 18.2. The maximum Gasteiger partial charge on any atom is 0.190 e. The average molecular weight is 1320 g/mol. The van der Waals surface area contributed by atoms with Crippen LogP contribution < -0.4 is 0 Å². The van der Waals surface area contributed by atoms with E-state index in [9.17, 15) is 19.2 Å². The molecule has 0 atom stereocenters. The van der Waals surface area contributed by atoms with Gasteiger partial charge in [-0.2, -0.15) is 0 Å². The molecule has 0 heterocycles. The van der Waals surface area contributed by atoms with Gasteiger partial charge in [0, 0.05) is 136 Å². The second-order valence-electron chi connectivity index (χ2n) is 22.1. The van der Waals surface area contributed by atoms with E-state index in [-0.39, 0.29) is 20.5 Å². The molecule has 0 saturated carbocycles. The van der Waals surface area contributed by atoms with Gasteiger partial charge in [-0.15, -0.1) is 0 Å². The lowest BCUT2D eigenvalue weighted by Crippen LogP contribution is -1.95. The summed E-state index contributed by atoms with van der Waals surface area (Å²) in [4.78, 5) is 50.0. The zero-order valence-corrected chi connectivity index (χ0v) is 57.4. The Labute approximate surface area is 587 Å². The molecule has 0 radical (unpaired) electrons. The van der Waals surface area contributed by atoms with Crippen LogP contribution in [-0.2, 0) is 38.4 Å². The molecule has 97 heavy (non-hydrogen) atoms. The number of benzene rings is 10. The Bertz CT molecular complexity index is 4890. The molecule has 0 aliphatic rings. The van der Waals surface area contributed by atoms with E-state index in [1.54, 1.807) is 27.7 Å². The first-order chi connectivity index (χ1) is 47.1. The van der Waals surface area contributed by atoms with Crippen molar-refractivity contribution < 1.29 is 19.2 Å². The molecule has 0 aliphatic heterocycles. The first-order valence-electron chi connectivity index (χ1n) is 31.1. The molecule has 0 bridgehead atoms. The van der Waals surface area contributed by atoms with Crippen LogP contribution in [0.25, 0.3) is 0 Å². The number of thioether (sulfide) groups is 4. The lowest BCUT2D eigenvalue weighted by molar-refractivity contribution is -0.109. The molecular formula is C89H60O4S4. The van der Waals surface area contributed by atoms with Gasteiger partial charge < -0.3 is 0 Å². The summed E-state index contributed by atoms with van der Waals surface area (Å²) in [5.41, 5.74) is 17.8. The van der Waals surface area contributed by atoms with Crippen molar-refractivity contribution >= 4 is 67.5 Å². The molecule has 0 spiro atoms. The van der Waals surface area contributed by atoms with Gasteiger partial charge in [-0.25, -0.2) is 0 Å². The molecule has 10 aromatic carbocycles. The SMILES string of the molecule is CCc1cc(C#Cc2ccc(SC(C)=O)cc2)ccc1C#Cc1cc(C#Cc2ccc(C#Cc3ccc(SC(C)=O)cc3)cc2CC)cc(Cc2cc(C#Cc3ccc(C#Cc4ccc(SC(C)=O)cc4)cc3)cc(C#Cc3ccc(C#Cc4ccc(SC(C)=O)cc4)cc3)c2)c1. The smallest absolute Gasteiger partial charge is 0.190 e. The molecule has 0 amide bonds. The summed E-state index contributed by atoms with van der Waals surface area (Å²) >= 11 is 4.80. The Morgan fingerprint density at radius 3 is 0.660 bits per heavy atom. The van der Waals surface area contributed by atoms with Crippen molar-refractivity contribution in [2.75, 3.05) is 0 Å². The third-order valence-electron chi connectivity index (χ3n) is 14.4. The first-order valence-corrected chi connectivity index (χ1v) is 34.4. The number of hydrogen-bond donors (Lipinski definition) is 0. The maximum atomic E-state index is 11.6. The van der Waals surface area contributed by atoms with Gasteiger partial charge in [0.05, 0.1) is 0 Å². The summed E-state index contributed by atoms with van der Waals surface area (Å²) in [6, 6.07) is 71.3. The highest BCUT2D eigenvalue weighted by molar-refractivity contribution is 8.14. The lowest BCUT2D eigenvalue weighted by Gasteiger charge is -2.07. The van der Waals surface area contributed by atoms with Gasteiger partial charge in [-0.3, -0.25) is 19.2 Å². The second kappa shape index (κ2) is 34.3. The summed E-state index contributed by atoms with van der Waals surface area (Å²) < 4.78 is 0. The Morgan fingerprint density at radius 1 is 0.237 bits per heavy atom. The van der Waals surface area contributed by atoms with Crippen molar-refractivity contribution in [2.24, 2.45) is 0 Å². The minimum absolute atomic E-state index is 0.0392. The summed E-state index contributed by atoms with van der Waals surface area (Å²) in [7, 11) is 0. The maximum absolute atomic E-state index is 11.6. The van der Waals surface area contributed by atoms with Gasteiger partial charge in [-0.05, 0) is 260 Å². The molecule has 464 valence electrons. The van der Waals surface area contributed by atoms with Crippen molar-refractivity contribution in [1.82, 2.24) is 0 Å². The van der Waals surface area contributed by atoms with Crippen molar-refractivity contribution in [3.63, 3.8) is 0 Å². The largest absolute Gasteiger partial charge is 0.287 e. The van der Waals surface area contributed by atoms with Gasteiger partial charge in [0.1, 0.15) is 0 Å². The van der Waals surface area contributed by atoms with Gasteiger partial charge in [0.15, 0.2) is 20.5 Å². The fraction of sp³-hybridized carbons (Fsp3) is 0.101. The van der Waals surface area contributed by atoms with E-state index in [1.807, 2.05) is 176 Å². The van der Waals surface area contributed by atoms with E-state index in [4.69, 9.17) is 0 Å². The first kappa shape index (κ1) is 68.6. The minimum atomic E-state index is 0.0392. The highest BCUT2D eigenvalue weighted by Gasteiger charge is 2.09. The van der Waals surface area contributed by atoms with Crippen molar-refractivity contribution in [3.05, 3.63) is 330 Å². The van der Waals surface area contributed by atoms with E-state index < -0.39 is 0 Å².